The fourth-order valence-corrected chi connectivity index (χ4v) is 7.20. The molecule has 1 saturated carbocycles. The van der Waals surface area contributed by atoms with E-state index in [1.165, 1.54) is 74.0 Å². The molecule has 3 saturated heterocycles. The number of amides is 6. The molecule has 4 unspecified atom stereocenters. The summed E-state index contributed by atoms with van der Waals surface area (Å²) >= 11 is 0. The van der Waals surface area contributed by atoms with Crippen molar-refractivity contribution in [2.24, 2.45) is 10.8 Å². The second kappa shape index (κ2) is 12.3. The number of hydrogen-bond donors (Lipinski definition) is 2. The fraction of sp³-hybridized carbons (Fsp3) is 0.828. The quantitative estimate of drug-likeness (QED) is 0.234. The summed E-state index contributed by atoms with van der Waals surface area (Å²) in [7, 11) is 0. The lowest BCUT2D eigenvalue weighted by atomic mass is 9.42. The normalized spacial score (nSPS) is 31.2. The van der Waals surface area contributed by atoms with Crippen LogP contribution in [0.2, 0.25) is 0 Å². The molecule has 3 heterocycles. The lowest BCUT2D eigenvalue weighted by Gasteiger charge is -2.70. The molecule has 4 aliphatic rings. The predicted octanol–water partition coefficient (Wildman–Crippen LogP) is 4.26. The highest BCUT2D eigenvalue weighted by Gasteiger charge is 2.81. The van der Waals surface area contributed by atoms with E-state index in [0.29, 0.717) is 0 Å². The van der Waals surface area contributed by atoms with Crippen molar-refractivity contribution in [2.75, 3.05) is 13.1 Å². The van der Waals surface area contributed by atoms with Gasteiger partial charge in [-0.15, -0.1) is 0 Å². The summed E-state index contributed by atoms with van der Waals surface area (Å²) in [5, 5.41) is 4.75. The molecule has 0 aromatic carbocycles. The van der Waals surface area contributed by atoms with Gasteiger partial charge in [-0.25, -0.2) is 9.59 Å². The van der Waals surface area contributed by atoms with Gasteiger partial charge in [0.05, 0.1) is 36.0 Å². The number of rotatable bonds is 15. The zero-order chi connectivity index (χ0) is 28.2. The summed E-state index contributed by atoms with van der Waals surface area (Å²) in [5.41, 5.74) is -2.38. The maximum atomic E-state index is 12.9. The van der Waals surface area contributed by atoms with E-state index in [1.54, 1.807) is 13.8 Å². The number of urea groups is 2. The Labute approximate surface area is 231 Å². The number of unbranched alkanes of at least 4 members (excludes halogenated alkanes) is 12. The second-order valence-corrected chi connectivity index (χ2v) is 12.2. The first-order valence-corrected chi connectivity index (χ1v) is 15.1. The Morgan fingerprint density at radius 2 is 1.10 bits per heavy atom. The third-order valence-electron chi connectivity index (χ3n) is 9.72. The summed E-state index contributed by atoms with van der Waals surface area (Å²) in [4.78, 5) is 67.0. The second-order valence-electron chi connectivity index (χ2n) is 12.2. The van der Waals surface area contributed by atoms with Crippen LogP contribution in [0.1, 0.15) is 111 Å². The number of hydrogen-bond acceptors (Lipinski definition) is 6. The van der Waals surface area contributed by atoms with Crippen molar-refractivity contribution >= 4 is 29.8 Å². The molecule has 4 fully saturated rings. The van der Waals surface area contributed by atoms with Crippen LogP contribution in [0, 0.1) is 10.8 Å². The number of nitrogens with zero attached hydrogens (tertiary/aromatic N) is 2. The molecule has 0 radical (unpaired) electrons. The maximum Gasteiger partial charge on any atom is 0.324 e. The van der Waals surface area contributed by atoms with Crippen LogP contribution in [0.25, 0.3) is 0 Å². The Kier molecular flexibility index (Phi) is 9.21. The summed E-state index contributed by atoms with van der Waals surface area (Å²) in [6, 6.07) is -2.46. The summed E-state index contributed by atoms with van der Waals surface area (Å²) in [6.45, 7) is 5.70. The average molecular weight is 547 g/mol. The number of esters is 1. The number of imide groups is 2. The van der Waals surface area contributed by atoms with Gasteiger partial charge in [-0.05, 0) is 20.3 Å². The third-order valence-corrected chi connectivity index (χ3v) is 9.72. The molecule has 0 spiro atoms. The Morgan fingerprint density at radius 1 is 0.718 bits per heavy atom. The van der Waals surface area contributed by atoms with Gasteiger partial charge in [0.1, 0.15) is 6.10 Å². The number of fused-ring (bicyclic) bond motifs is 1. The average Bonchev–Trinajstić information content (AvgIpc) is 3.06. The fourth-order valence-electron chi connectivity index (χ4n) is 7.20. The van der Waals surface area contributed by atoms with Crippen LogP contribution in [0.5, 0.6) is 0 Å². The van der Waals surface area contributed by atoms with Crippen molar-refractivity contribution in [1.29, 1.82) is 0 Å². The molecular formula is C29H46N4O6. The molecule has 10 heteroatoms. The van der Waals surface area contributed by atoms with Gasteiger partial charge in [0, 0.05) is 6.42 Å². The molecule has 218 valence electrons. The van der Waals surface area contributed by atoms with Gasteiger partial charge in [0.25, 0.3) is 0 Å². The van der Waals surface area contributed by atoms with E-state index in [2.05, 4.69) is 17.6 Å². The molecule has 39 heavy (non-hydrogen) atoms. The maximum absolute atomic E-state index is 12.9. The molecule has 2 N–H and O–H groups in total. The highest BCUT2D eigenvalue weighted by molar-refractivity contribution is 6.11. The lowest BCUT2D eigenvalue weighted by Crippen LogP contribution is -2.90. The van der Waals surface area contributed by atoms with E-state index >= 15 is 0 Å². The van der Waals surface area contributed by atoms with Crippen molar-refractivity contribution in [3.8, 4) is 0 Å². The van der Waals surface area contributed by atoms with E-state index in [1.807, 2.05) is 0 Å². The number of carbonyl (C=O) groups is 5. The highest BCUT2D eigenvalue weighted by Crippen LogP contribution is 2.63. The summed E-state index contributed by atoms with van der Waals surface area (Å²) < 4.78 is 5.75. The Morgan fingerprint density at radius 3 is 1.51 bits per heavy atom. The van der Waals surface area contributed by atoms with Gasteiger partial charge in [0.15, 0.2) is 0 Å². The van der Waals surface area contributed by atoms with E-state index < -0.39 is 52.9 Å². The third kappa shape index (κ3) is 5.40. The van der Waals surface area contributed by atoms with Gasteiger partial charge in [0.2, 0.25) is 11.8 Å². The van der Waals surface area contributed by atoms with Crippen molar-refractivity contribution in [3.05, 3.63) is 0 Å². The smallest absolute Gasteiger partial charge is 0.324 e. The van der Waals surface area contributed by atoms with Crippen LogP contribution in [-0.2, 0) is 19.1 Å². The first-order valence-electron chi connectivity index (χ1n) is 15.1. The minimum absolute atomic E-state index is 0.0638. The number of ether oxygens (including phenoxy) is 1. The molecule has 3 aliphatic heterocycles. The van der Waals surface area contributed by atoms with Crippen LogP contribution in [0.3, 0.4) is 0 Å². The van der Waals surface area contributed by atoms with Gasteiger partial charge in [-0.1, -0.05) is 84.0 Å². The van der Waals surface area contributed by atoms with Gasteiger partial charge < -0.3 is 14.5 Å². The standard InChI is InChI=1S/C29H46N4O6/c1-4-5-6-7-8-9-10-11-12-13-14-15-16-17-21(34)39-20-18-32-22-23-29(3,25(36)31-27(38)33(23)19-20)28(22,2)24(35)30-26(32)37/h20,22-23H,4-19H2,1-3H3,(H,30,35,37)(H,31,36,38). The predicted molar refractivity (Wildman–Crippen MR) is 144 cm³/mol. The van der Waals surface area contributed by atoms with Gasteiger partial charge in [-0.2, -0.15) is 0 Å². The van der Waals surface area contributed by atoms with E-state index in [4.69, 9.17) is 4.74 Å². The zero-order valence-corrected chi connectivity index (χ0v) is 23.9. The van der Waals surface area contributed by atoms with Crippen LogP contribution < -0.4 is 10.6 Å². The molecule has 0 aromatic heterocycles. The van der Waals surface area contributed by atoms with E-state index in [-0.39, 0.29) is 25.5 Å². The van der Waals surface area contributed by atoms with Crippen molar-refractivity contribution in [1.82, 2.24) is 20.4 Å². The SMILES string of the molecule is CCCCCCCCCCCCCCCC(=O)OC1CN2C(=O)NC(=O)C3(C)C2C2N(C1)C(=O)NC(=O)C23C. The van der Waals surface area contributed by atoms with Gasteiger partial charge in [-0.3, -0.25) is 25.0 Å². The summed E-state index contributed by atoms with van der Waals surface area (Å²) in [5.74, 6) is -1.39. The Hall–Kier alpha value is -2.65. The molecule has 10 nitrogen and oxygen atoms in total. The van der Waals surface area contributed by atoms with E-state index in [9.17, 15) is 24.0 Å². The minimum Gasteiger partial charge on any atom is -0.459 e. The van der Waals surface area contributed by atoms with Crippen LogP contribution >= 0.6 is 0 Å². The molecule has 0 aromatic rings. The molecule has 1 aliphatic carbocycles. The molecular weight excluding hydrogens is 500 g/mol. The van der Waals surface area contributed by atoms with E-state index in [0.717, 1.165) is 19.3 Å². The van der Waals surface area contributed by atoms with Crippen molar-refractivity contribution < 1.29 is 28.7 Å². The van der Waals surface area contributed by atoms with Crippen molar-refractivity contribution in [2.45, 2.75) is 129 Å². The van der Waals surface area contributed by atoms with Crippen LogP contribution in [-0.4, -0.2) is 70.9 Å². The molecule has 4 rings (SSSR count). The molecule has 4 atom stereocenters. The Bertz CT molecular complexity index is 917. The van der Waals surface area contributed by atoms with Crippen LogP contribution in [0.15, 0.2) is 0 Å². The number of nitrogens with one attached hydrogen (secondary N) is 2. The summed E-state index contributed by atoms with van der Waals surface area (Å²) in [6.07, 6.45) is 15.4. The zero-order valence-electron chi connectivity index (χ0n) is 23.9. The first-order chi connectivity index (χ1) is 18.7. The number of carbonyl (C=O) groups excluding carboxylic acids is 5. The van der Waals surface area contributed by atoms with Crippen LogP contribution in [0.4, 0.5) is 9.59 Å². The topological polar surface area (TPSA) is 125 Å². The van der Waals surface area contributed by atoms with Gasteiger partial charge >= 0.3 is 18.0 Å². The highest BCUT2D eigenvalue weighted by atomic mass is 16.5. The minimum atomic E-state index is -1.19. The molecule has 6 amide bonds. The first kappa shape index (κ1) is 29.3. The lowest BCUT2D eigenvalue weighted by molar-refractivity contribution is -0.209. The molecule has 0 bridgehead atoms. The monoisotopic (exact) mass is 546 g/mol. The largest absolute Gasteiger partial charge is 0.459 e. The van der Waals surface area contributed by atoms with Crippen molar-refractivity contribution in [3.63, 3.8) is 0 Å². The Balaban J connectivity index is 1.21.